The summed E-state index contributed by atoms with van der Waals surface area (Å²) < 4.78 is 26.5. The van der Waals surface area contributed by atoms with Gasteiger partial charge in [0.1, 0.15) is 0 Å². The van der Waals surface area contributed by atoms with Gasteiger partial charge in [-0.15, -0.1) is 0 Å². The molecule has 0 heterocycles. The van der Waals surface area contributed by atoms with Crippen LogP contribution in [-0.4, -0.2) is 18.4 Å². The summed E-state index contributed by atoms with van der Waals surface area (Å²) in [4.78, 5) is 0. The molecule has 0 aromatic rings. The number of phosphoric acid groups is 1. The molecule has 88 valence electrons. The van der Waals surface area contributed by atoms with Gasteiger partial charge in [-0.3, -0.25) is 9.05 Å². The highest BCUT2D eigenvalue weighted by atomic mass is 32.1. The maximum atomic E-state index is 11.8. The Bertz CT molecular complexity index is 267. The zero-order valence-electron chi connectivity index (χ0n) is 8.68. The van der Waals surface area contributed by atoms with E-state index in [0.717, 1.165) is 25.7 Å². The van der Waals surface area contributed by atoms with Crippen LogP contribution in [-0.2, 0) is 18.1 Å². The molecule has 1 unspecified atom stereocenters. The maximum Gasteiger partial charge on any atom is 0.531 e. The molecular formula is C8H16NO4PS. The number of phosphoric ester groups is 1. The minimum absolute atomic E-state index is 0.0844. The van der Waals surface area contributed by atoms with E-state index in [2.05, 4.69) is 12.2 Å². The van der Waals surface area contributed by atoms with Gasteiger partial charge >= 0.3 is 7.82 Å². The van der Waals surface area contributed by atoms with Crippen LogP contribution in [0.3, 0.4) is 0 Å². The third kappa shape index (κ3) is 4.47. The first-order valence-corrected chi connectivity index (χ1v) is 6.76. The molecule has 0 bridgehead atoms. The fourth-order valence-corrected chi connectivity index (χ4v) is 2.84. The van der Waals surface area contributed by atoms with Gasteiger partial charge in [-0.25, -0.2) is 4.57 Å². The van der Waals surface area contributed by atoms with Crippen LogP contribution in [0.4, 0.5) is 0 Å². The van der Waals surface area contributed by atoms with Gasteiger partial charge in [0, 0.05) is 7.11 Å². The van der Waals surface area contributed by atoms with E-state index in [1.807, 2.05) is 0 Å². The predicted molar refractivity (Wildman–Crippen MR) is 60.4 cm³/mol. The third-order valence-electron chi connectivity index (χ3n) is 2.26. The normalized spacial score (nSPS) is 21.9. The highest BCUT2D eigenvalue weighted by Crippen LogP contribution is 2.51. The van der Waals surface area contributed by atoms with Gasteiger partial charge in [-0.2, -0.15) is 0 Å². The Hall–Kier alpha value is -0.160. The van der Waals surface area contributed by atoms with Gasteiger partial charge in [0.2, 0.25) is 0 Å². The van der Waals surface area contributed by atoms with Crippen LogP contribution in [0.25, 0.3) is 0 Å². The zero-order chi connectivity index (χ0) is 11.3. The summed E-state index contributed by atoms with van der Waals surface area (Å²) in [5, 5.41) is -0.323. The van der Waals surface area contributed by atoms with E-state index in [4.69, 9.17) is 19.3 Å². The summed E-state index contributed by atoms with van der Waals surface area (Å²) in [6.45, 7) is 0. The summed E-state index contributed by atoms with van der Waals surface area (Å²) in [5.41, 5.74) is 5.14. The second kappa shape index (κ2) is 5.80. The first kappa shape index (κ1) is 12.9. The van der Waals surface area contributed by atoms with Gasteiger partial charge < -0.3 is 10.3 Å². The molecule has 2 N–H and O–H groups in total. The van der Waals surface area contributed by atoms with Crippen molar-refractivity contribution in [2.45, 2.75) is 38.2 Å². The van der Waals surface area contributed by atoms with Crippen LogP contribution in [0.2, 0.25) is 0 Å². The molecule has 0 aliphatic heterocycles. The molecule has 15 heavy (non-hydrogen) atoms. The van der Waals surface area contributed by atoms with Crippen LogP contribution in [0.1, 0.15) is 32.1 Å². The average molecular weight is 253 g/mol. The first-order chi connectivity index (χ1) is 7.06. The molecule has 1 aliphatic rings. The number of rotatable bonds is 4. The molecule has 7 heteroatoms. The molecular weight excluding hydrogens is 237 g/mol. The molecule has 1 atom stereocenters. The lowest BCUT2D eigenvalue weighted by Gasteiger charge is -2.25. The van der Waals surface area contributed by atoms with Crippen LogP contribution >= 0.6 is 20.0 Å². The number of thiocarbonyl (C=S) groups is 1. The lowest BCUT2D eigenvalue weighted by molar-refractivity contribution is 0.0960. The molecule has 0 amide bonds. The lowest BCUT2D eigenvalue weighted by Crippen LogP contribution is -2.19. The van der Waals surface area contributed by atoms with Gasteiger partial charge in [0.25, 0.3) is 5.17 Å². The number of nitrogens with two attached hydrogens (primary N) is 1. The summed E-state index contributed by atoms with van der Waals surface area (Å²) in [5.74, 6) is 0. The van der Waals surface area contributed by atoms with Crippen molar-refractivity contribution < 1.29 is 18.1 Å². The van der Waals surface area contributed by atoms with Crippen molar-refractivity contribution in [1.29, 1.82) is 0 Å². The van der Waals surface area contributed by atoms with Crippen molar-refractivity contribution in [2.24, 2.45) is 5.73 Å². The molecule has 1 rings (SSSR count). The maximum absolute atomic E-state index is 11.8. The van der Waals surface area contributed by atoms with Crippen molar-refractivity contribution in [3.8, 4) is 0 Å². The summed E-state index contributed by atoms with van der Waals surface area (Å²) in [6.07, 6.45) is 4.98. The fraction of sp³-hybridized carbons (Fsp3) is 0.875. The molecule has 0 aromatic carbocycles. The molecule has 1 fully saturated rings. The van der Waals surface area contributed by atoms with Gasteiger partial charge in [-0.05, 0) is 25.1 Å². The van der Waals surface area contributed by atoms with Crippen LogP contribution in [0.5, 0.6) is 0 Å². The highest BCUT2D eigenvalue weighted by molar-refractivity contribution is 7.80. The Kier molecular flexibility index (Phi) is 4.99. The van der Waals surface area contributed by atoms with Gasteiger partial charge in [-0.1, -0.05) is 19.3 Å². The predicted octanol–water partition coefficient (Wildman–Crippen LogP) is 2.35. The van der Waals surface area contributed by atoms with E-state index < -0.39 is 7.82 Å². The Balaban J connectivity index is 2.50. The molecule has 0 aromatic heterocycles. The van der Waals surface area contributed by atoms with E-state index in [1.165, 1.54) is 13.5 Å². The average Bonchev–Trinajstić information content (AvgIpc) is 2.18. The summed E-state index contributed by atoms with van der Waals surface area (Å²) >= 11 is 4.50. The number of hydrogen-bond donors (Lipinski definition) is 1. The Morgan fingerprint density at radius 2 is 2.00 bits per heavy atom. The van der Waals surface area contributed by atoms with E-state index in [-0.39, 0.29) is 11.3 Å². The summed E-state index contributed by atoms with van der Waals surface area (Å²) in [6, 6.07) is 0. The minimum atomic E-state index is -3.59. The largest absolute Gasteiger partial charge is 0.531 e. The van der Waals surface area contributed by atoms with Crippen molar-refractivity contribution in [2.75, 3.05) is 7.11 Å². The third-order valence-corrected chi connectivity index (χ3v) is 3.89. The van der Waals surface area contributed by atoms with E-state index >= 15 is 0 Å². The SMILES string of the molecule is COP(=O)(OC(N)=S)OC1CCCCC1. The second-order valence-corrected chi connectivity index (χ2v) is 5.46. The monoisotopic (exact) mass is 253 g/mol. The van der Waals surface area contributed by atoms with Gasteiger partial charge in [0.15, 0.2) is 0 Å². The van der Waals surface area contributed by atoms with Crippen molar-refractivity contribution in [1.82, 2.24) is 0 Å². The molecule has 0 saturated heterocycles. The second-order valence-electron chi connectivity index (χ2n) is 3.41. The van der Waals surface area contributed by atoms with Gasteiger partial charge in [0.05, 0.1) is 6.10 Å². The van der Waals surface area contributed by atoms with E-state index in [9.17, 15) is 4.57 Å². The number of hydrogen-bond acceptors (Lipinski definition) is 5. The minimum Gasteiger partial charge on any atom is -0.377 e. The first-order valence-electron chi connectivity index (χ1n) is 4.89. The molecule has 1 aliphatic carbocycles. The Morgan fingerprint density at radius 3 is 2.47 bits per heavy atom. The standard InChI is InChI=1S/C8H16NO4PS/c1-11-14(10,13-8(9)15)12-7-5-3-2-4-6-7/h7H,2-6H2,1H3,(H2,9,15). The quantitative estimate of drug-likeness (QED) is 0.612. The Morgan fingerprint density at radius 1 is 1.40 bits per heavy atom. The summed E-state index contributed by atoms with van der Waals surface area (Å²) in [7, 11) is -2.34. The molecule has 1 saturated carbocycles. The smallest absolute Gasteiger partial charge is 0.377 e. The Labute approximate surface area is 94.9 Å². The molecule has 5 nitrogen and oxygen atoms in total. The van der Waals surface area contributed by atoms with Crippen LogP contribution in [0, 0.1) is 0 Å². The van der Waals surface area contributed by atoms with Crippen molar-refractivity contribution in [3.05, 3.63) is 0 Å². The zero-order valence-corrected chi connectivity index (χ0v) is 10.4. The van der Waals surface area contributed by atoms with E-state index in [0.29, 0.717) is 0 Å². The highest BCUT2D eigenvalue weighted by Gasteiger charge is 2.32. The van der Waals surface area contributed by atoms with Crippen molar-refractivity contribution in [3.63, 3.8) is 0 Å². The van der Waals surface area contributed by atoms with E-state index in [1.54, 1.807) is 0 Å². The fourth-order valence-electron chi connectivity index (χ4n) is 1.57. The molecule has 0 spiro atoms. The van der Waals surface area contributed by atoms with Crippen LogP contribution < -0.4 is 5.73 Å². The molecule has 0 radical (unpaired) electrons. The van der Waals surface area contributed by atoms with Crippen LogP contribution in [0.15, 0.2) is 0 Å². The topological polar surface area (TPSA) is 70.8 Å². The lowest BCUT2D eigenvalue weighted by atomic mass is 9.98. The van der Waals surface area contributed by atoms with Crippen molar-refractivity contribution >= 4 is 25.2 Å².